The Balaban J connectivity index is 1.53. The van der Waals surface area contributed by atoms with Crippen molar-refractivity contribution >= 4 is 5.91 Å². The van der Waals surface area contributed by atoms with E-state index in [-0.39, 0.29) is 17.9 Å². The fourth-order valence-corrected chi connectivity index (χ4v) is 4.58. The highest BCUT2D eigenvalue weighted by Crippen LogP contribution is 2.47. The van der Waals surface area contributed by atoms with Crippen molar-refractivity contribution in [2.75, 3.05) is 19.8 Å². The average Bonchev–Trinajstić information content (AvgIpc) is 3.08. The summed E-state index contributed by atoms with van der Waals surface area (Å²) in [6.45, 7) is 1.96. The van der Waals surface area contributed by atoms with Crippen molar-refractivity contribution in [2.45, 2.75) is 37.5 Å². The van der Waals surface area contributed by atoms with Gasteiger partial charge in [0, 0.05) is 24.9 Å². The molecule has 1 aromatic rings. The molecule has 4 rings (SSSR count). The van der Waals surface area contributed by atoms with Crippen LogP contribution >= 0.6 is 0 Å². The number of nitriles is 1. The standard InChI is InChI=1S/C19H22N2O3/c20-13-17-16-6-8-19(23-10-11-24-19)12-15(16)7-9-21(17)18(22)14-4-2-1-3-5-14/h1-5,15-17H,6-12H2/t15-,16+,17-/m0/s1. The molecule has 1 aromatic carbocycles. The molecule has 0 radical (unpaired) electrons. The summed E-state index contributed by atoms with van der Waals surface area (Å²) in [4.78, 5) is 14.6. The number of hydrogen-bond donors (Lipinski definition) is 0. The maximum Gasteiger partial charge on any atom is 0.254 e. The zero-order chi connectivity index (χ0) is 16.6. The summed E-state index contributed by atoms with van der Waals surface area (Å²) >= 11 is 0. The van der Waals surface area contributed by atoms with E-state index in [2.05, 4.69) is 6.07 Å². The Bertz CT molecular complexity index is 648. The van der Waals surface area contributed by atoms with Crippen molar-refractivity contribution in [3.63, 3.8) is 0 Å². The van der Waals surface area contributed by atoms with E-state index >= 15 is 0 Å². The Morgan fingerprint density at radius 1 is 1.21 bits per heavy atom. The molecule has 3 fully saturated rings. The second-order valence-corrected chi connectivity index (χ2v) is 7.00. The molecule has 2 aliphatic heterocycles. The highest BCUT2D eigenvalue weighted by molar-refractivity contribution is 5.94. The summed E-state index contributed by atoms with van der Waals surface area (Å²) in [5, 5.41) is 9.75. The van der Waals surface area contributed by atoms with Gasteiger partial charge in [-0.1, -0.05) is 18.2 Å². The second-order valence-electron chi connectivity index (χ2n) is 7.00. The molecule has 3 aliphatic rings. The van der Waals surface area contributed by atoms with Crippen LogP contribution in [0.4, 0.5) is 0 Å². The first-order valence-corrected chi connectivity index (χ1v) is 8.76. The van der Waals surface area contributed by atoms with E-state index < -0.39 is 5.79 Å². The highest BCUT2D eigenvalue weighted by Gasteiger charge is 2.50. The van der Waals surface area contributed by atoms with Gasteiger partial charge in [0.05, 0.1) is 19.3 Å². The van der Waals surface area contributed by atoms with Crippen LogP contribution in [0.3, 0.4) is 0 Å². The van der Waals surface area contributed by atoms with Crippen LogP contribution in [0.25, 0.3) is 0 Å². The molecule has 0 N–H and O–H groups in total. The van der Waals surface area contributed by atoms with Gasteiger partial charge in [0.25, 0.3) is 5.91 Å². The number of ether oxygens (including phenoxy) is 2. The van der Waals surface area contributed by atoms with Crippen LogP contribution in [0.5, 0.6) is 0 Å². The molecule has 3 atom stereocenters. The maximum absolute atomic E-state index is 12.8. The van der Waals surface area contributed by atoms with Gasteiger partial charge in [-0.2, -0.15) is 5.26 Å². The first-order valence-electron chi connectivity index (χ1n) is 8.76. The van der Waals surface area contributed by atoms with Gasteiger partial charge in [0.1, 0.15) is 6.04 Å². The fourth-order valence-electron chi connectivity index (χ4n) is 4.58. The molecule has 5 nitrogen and oxygen atoms in total. The minimum atomic E-state index is -0.424. The van der Waals surface area contributed by atoms with Gasteiger partial charge in [-0.3, -0.25) is 4.79 Å². The molecular weight excluding hydrogens is 304 g/mol. The van der Waals surface area contributed by atoms with Gasteiger partial charge >= 0.3 is 0 Å². The second kappa shape index (κ2) is 6.19. The molecular formula is C19H22N2O3. The third-order valence-corrected chi connectivity index (χ3v) is 5.75. The Morgan fingerprint density at radius 3 is 2.67 bits per heavy atom. The summed E-state index contributed by atoms with van der Waals surface area (Å²) in [5.74, 6) is 0.151. The Kier molecular flexibility index (Phi) is 4.03. The zero-order valence-corrected chi connectivity index (χ0v) is 13.7. The lowest BCUT2D eigenvalue weighted by Gasteiger charge is -2.48. The van der Waals surface area contributed by atoms with Crippen LogP contribution < -0.4 is 0 Å². The fraction of sp³-hybridized carbons (Fsp3) is 0.579. The van der Waals surface area contributed by atoms with Crippen molar-refractivity contribution in [3.8, 4) is 6.07 Å². The number of piperidine rings is 1. The smallest absolute Gasteiger partial charge is 0.254 e. The van der Waals surface area contributed by atoms with E-state index in [1.165, 1.54) is 0 Å². The summed E-state index contributed by atoms with van der Waals surface area (Å²) in [6.07, 6.45) is 3.46. The number of hydrogen-bond acceptors (Lipinski definition) is 4. The van der Waals surface area contributed by atoms with Gasteiger partial charge in [0.2, 0.25) is 0 Å². The van der Waals surface area contributed by atoms with Crippen LogP contribution in [-0.2, 0) is 9.47 Å². The van der Waals surface area contributed by atoms with Gasteiger partial charge in [-0.15, -0.1) is 0 Å². The van der Waals surface area contributed by atoms with E-state index in [0.717, 1.165) is 25.7 Å². The van der Waals surface area contributed by atoms with Crippen LogP contribution in [-0.4, -0.2) is 42.4 Å². The third-order valence-electron chi connectivity index (χ3n) is 5.75. The first-order chi connectivity index (χ1) is 11.7. The van der Waals surface area contributed by atoms with E-state index in [9.17, 15) is 10.1 Å². The van der Waals surface area contributed by atoms with Gasteiger partial charge in [0.15, 0.2) is 5.79 Å². The number of likely N-dealkylation sites (tertiary alicyclic amines) is 1. The monoisotopic (exact) mass is 326 g/mol. The van der Waals surface area contributed by atoms with Crippen LogP contribution in [0.1, 0.15) is 36.0 Å². The Morgan fingerprint density at radius 2 is 1.96 bits per heavy atom. The average molecular weight is 326 g/mol. The molecule has 1 aliphatic carbocycles. The molecule has 5 heteroatoms. The molecule has 126 valence electrons. The van der Waals surface area contributed by atoms with Crippen molar-refractivity contribution in [3.05, 3.63) is 35.9 Å². The molecule has 0 aromatic heterocycles. The molecule has 1 amide bonds. The normalized spacial score (nSPS) is 31.5. The number of nitrogens with zero attached hydrogens (tertiary/aromatic N) is 2. The Hall–Kier alpha value is -1.90. The Labute approximate surface area is 142 Å². The molecule has 2 heterocycles. The number of benzene rings is 1. The number of fused-ring (bicyclic) bond motifs is 1. The molecule has 1 saturated carbocycles. The van der Waals surface area contributed by atoms with E-state index in [4.69, 9.17) is 9.47 Å². The number of carbonyl (C=O) groups excluding carboxylic acids is 1. The van der Waals surface area contributed by atoms with Crippen LogP contribution in [0.2, 0.25) is 0 Å². The predicted molar refractivity (Wildman–Crippen MR) is 87.0 cm³/mol. The minimum Gasteiger partial charge on any atom is -0.348 e. The first kappa shape index (κ1) is 15.6. The summed E-state index contributed by atoms with van der Waals surface area (Å²) in [5.41, 5.74) is 0.658. The lowest BCUT2D eigenvalue weighted by Crippen LogP contribution is -2.55. The minimum absolute atomic E-state index is 0.0331. The number of rotatable bonds is 1. The van der Waals surface area contributed by atoms with Crippen LogP contribution in [0, 0.1) is 23.2 Å². The zero-order valence-electron chi connectivity index (χ0n) is 13.7. The van der Waals surface area contributed by atoms with Crippen LogP contribution in [0.15, 0.2) is 30.3 Å². The van der Waals surface area contributed by atoms with E-state index in [1.54, 1.807) is 4.90 Å². The molecule has 0 bridgehead atoms. The van der Waals surface area contributed by atoms with Gasteiger partial charge < -0.3 is 14.4 Å². The number of amides is 1. The SMILES string of the molecule is N#C[C@H]1[C@@H]2CCC3(C[C@@H]2CCN1C(=O)c1ccccc1)OCCO3. The topological polar surface area (TPSA) is 62.6 Å². The summed E-state index contributed by atoms with van der Waals surface area (Å²) < 4.78 is 11.7. The van der Waals surface area contributed by atoms with Crippen molar-refractivity contribution in [2.24, 2.45) is 11.8 Å². The van der Waals surface area contributed by atoms with E-state index in [1.807, 2.05) is 30.3 Å². The van der Waals surface area contributed by atoms with E-state index in [0.29, 0.717) is 31.2 Å². The summed E-state index contributed by atoms with van der Waals surface area (Å²) in [7, 11) is 0. The molecule has 0 unspecified atom stereocenters. The quantitative estimate of drug-likeness (QED) is 0.796. The predicted octanol–water partition coefficient (Wildman–Crippen LogP) is 2.58. The number of carbonyl (C=O) groups is 1. The van der Waals surface area contributed by atoms with Crippen molar-refractivity contribution < 1.29 is 14.3 Å². The largest absolute Gasteiger partial charge is 0.348 e. The highest BCUT2D eigenvalue weighted by atomic mass is 16.7. The van der Waals surface area contributed by atoms with Gasteiger partial charge in [-0.05, 0) is 36.8 Å². The molecule has 2 saturated heterocycles. The van der Waals surface area contributed by atoms with Gasteiger partial charge in [-0.25, -0.2) is 0 Å². The maximum atomic E-state index is 12.8. The van der Waals surface area contributed by atoms with Crippen molar-refractivity contribution in [1.82, 2.24) is 4.90 Å². The lowest BCUT2D eigenvalue weighted by molar-refractivity contribution is -0.201. The van der Waals surface area contributed by atoms with Crippen molar-refractivity contribution in [1.29, 1.82) is 5.26 Å². The lowest BCUT2D eigenvalue weighted by atomic mass is 9.69. The molecule has 24 heavy (non-hydrogen) atoms. The third kappa shape index (κ3) is 2.60. The molecule has 1 spiro atoms. The summed E-state index contributed by atoms with van der Waals surface area (Å²) in [6, 6.07) is 11.3.